The molecular formula is C21H26N2O5. The van der Waals surface area contributed by atoms with E-state index in [1.807, 2.05) is 30.3 Å². The van der Waals surface area contributed by atoms with E-state index in [1.54, 1.807) is 9.80 Å². The molecule has 2 aliphatic heterocycles. The van der Waals surface area contributed by atoms with Crippen molar-refractivity contribution in [3.63, 3.8) is 0 Å². The number of amides is 2. The summed E-state index contributed by atoms with van der Waals surface area (Å²) in [5.74, 6) is -0.790. The largest absolute Gasteiger partial charge is 0.461 e. The van der Waals surface area contributed by atoms with Crippen LogP contribution in [0.3, 0.4) is 0 Å². The Hall–Kier alpha value is -2.70. The Balaban J connectivity index is 1.48. The maximum Gasteiger partial charge on any atom is 0.306 e. The summed E-state index contributed by atoms with van der Waals surface area (Å²) in [5.41, 5.74) is 0.891. The lowest BCUT2D eigenvalue weighted by Gasteiger charge is -2.29. The van der Waals surface area contributed by atoms with E-state index < -0.39 is 12.0 Å². The zero-order valence-corrected chi connectivity index (χ0v) is 15.9. The first-order valence-electron chi connectivity index (χ1n) is 9.85. The van der Waals surface area contributed by atoms with Gasteiger partial charge in [-0.25, -0.2) is 0 Å². The van der Waals surface area contributed by atoms with Crippen molar-refractivity contribution in [3.8, 4) is 0 Å². The van der Waals surface area contributed by atoms with Gasteiger partial charge in [-0.15, -0.1) is 0 Å². The number of carbonyl (C=O) groups is 4. The summed E-state index contributed by atoms with van der Waals surface area (Å²) in [6, 6.07) is 8.45. The lowest BCUT2D eigenvalue weighted by molar-refractivity contribution is -0.149. The van der Waals surface area contributed by atoms with Crippen LogP contribution in [0.15, 0.2) is 30.3 Å². The van der Waals surface area contributed by atoms with Crippen molar-refractivity contribution in [2.45, 2.75) is 57.2 Å². The van der Waals surface area contributed by atoms with E-state index in [4.69, 9.17) is 4.74 Å². The highest BCUT2D eigenvalue weighted by Gasteiger charge is 2.39. The van der Waals surface area contributed by atoms with E-state index in [-0.39, 0.29) is 37.3 Å². The Morgan fingerprint density at radius 2 is 1.71 bits per heavy atom. The van der Waals surface area contributed by atoms with Crippen molar-refractivity contribution in [1.29, 1.82) is 0 Å². The third kappa shape index (κ3) is 4.77. The highest BCUT2D eigenvalue weighted by Crippen LogP contribution is 2.25. The fraction of sp³-hybridized carbons (Fsp3) is 0.524. The van der Waals surface area contributed by atoms with Gasteiger partial charge in [0.2, 0.25) is 11.8 Å². The topological polar surface area (TPSA) is 84.0 Å². The molecule has 2 saturated heterocycles. The highest BCUT2D eigenvalue weighted by atomic mass is 16.5. The minimum Gasteiger partial charge on any atom is -0.461 e. The Morgan fingerprint density at radius 3 is 2.46 bits per heavy atom. The summed E-state index contributed by atoms with van der Waals surface area (Å²) in [5, 5.41) is 0. The molecule has 2 fully saturated rings. The number of likely N-dealkylation sites (tertiary alicyclic amines) is 2. The number of rotatable bonds is 7. The third-order valence-electron chi connectivity index (χ3n) is 5.38. The van der Waals surface area contributed by atoms with Gasteiger partial charge in [0.05, 0.1) is 12.5 Å². The predicted molar refractivity (Wildman–Crippen MR) is 101 cm³/mol. The summed E-state index contributed by atoms with van der Waals surface area (Å²) in [7, 11) is 0. The van der Waals surface area contributed by atoms with Crippen LogP contribution >= 0.6 is 0 Å². The SMILES string of the molecule is O=C[C@@H]1CCCN1C(=O)[C@@H]1CCCN1C(=O)CCC(=O)OCc1ccccc1. The molecule has 0 saturated carbocycles. The van der Waals surface area contributed by atoms with Gasteiger partial charge in [-0.05, 0) is 31.2 Å². The molecule has 2 amide bonds. The summed E-state index contributed by atoms with van der Waals surface area (Å²) >= 11 is 0. The number of aldehydes is 1. The maximum atomic E-state index is 12.8. The molecular weight excluding hydrogens is 360 g/mol. The molecule has 0 aromatic heterocycles. The van der Waals surface area contributed by atoms with E-state index in [9.17, 15) is 19.2 Å². The fourth-order valence-corrected chi connectivity index (χ4v) is 3.88. The predicted octanol–water partition coefficient (Wildman–Crippen LogP) is 1.69. The van der Waals surface area contributed by atoms with Gasteiger partial charge in [-0.3, -0.25) is 14.4 Å². The van der Waals surface area contributed by atoms with E-state index in [1.165, 1.54) is 0 Å². The quantitative estimate of drug-likeness (QED) is 0.526. The zero-order chi connectivity index (χ0) is 19.9. The standard InChI is InChI=1S/C21H26N2O5/c24-14-17-8-4-12-22(17)21(27)18-9-5-13-23(18)19(25)10-11-20(26)28-15-16-6-2-1-3-7-16/h1-3,6-7,14,17-18H,4-5,8-13,15H2/t17-,18-/m0/s1. The molecule has 2 heterocycles. The van der Waals surface area contributed by atoms with E-state index >= 15 is 0 Å². The number of nitrogens with zero attached hydrogens (tertiary/aromatic N) is 2. The molecule has 0 unspecified atom stereocenters. The molecule has 7 heteroatoms. The number of benzene rings is 1. The van der Waals surface area contributed by atoms with Crippen LogP contribution < -0.4 is 0 Å². The number of carbonyl (C=O) groups excluding carboxylic acids is 4. The van der Waals surface area contributed by atoms with Crippen molar-refractivity contribution in [2.75, 3.05) is 13.1 Å². The van der Waals surface area contributed by atoms with Gasteiger partial charge in [0.25, 0.3) is 0 Å². The van der Waals surface area contributed by atoms with Crippen molar-refractivity contribution in [1.82, 2.24) is 9.80 Å². The first kappa shape index (κ1) is 20.0. The van der Waals surface area contributed by atoms with E-state index in [0.29, 0.717) is 25.9 Å². The lowest BCUT2D eigenvalue weighted by atomic mass is 10.1. The summed E-state index contributed by atoms with van der Waals surface area (Å²) in [6.07, 6.45) is 3.67. The first-order valence-corrected chi connectivity index (χ1v) is 9.85. The second-order valence-corrected chi connectivity index (χ2v) is 7.27. The number of hydrogen-bond donors (Lipinski definition) is 0. The molecule has 1 aromatic rings. The Bertz CT molecular complexity index is 721. The molecule has 2 atom stereocenters. The minimum atomic E-state index is -0.520. The average molecular weight is 386 g/mol. The molecule has 0 N–H and O–H groups in total. The Kier molecular flexibility index (Phi) is 6.79. The highest BCUT2D eigenvalue weighted by molar-refractivity contribution is 5.90. The van der Waals surface area contributed by atoms with Crippen LogP contribution in [-0.2, 0) is 30.5 Å². The molecule has 7 nitrogen and oxygen atoms in total. The molecule has 150 valence electrons. The smallest absolute Gasteiger partial charge is 0.306 e. The van der Waals surface area contributed by atoms with Crippen LogP contribution in [0, 0.1) is 0 Å². The second-order valence-electron chi connectivity index (χ2n) is 7.27. The van der Waals surface area contributed by atoms with Crippen LogP contribution in [0.4, 0.5) is 0 Å². The molecule has 0 spiro atoms. The van der Waals surface area contributed by atoms with E-state index in [0.717, 1.165) is 24.7 Å². The molecule has 0 radical (unpaired) electrons. The number of hydrogen-bond acceptors (Lipinski definition) is 5. The molecule has 2 aliphatic rings. The van der Waals surface area contributed by atoms with Crippen LogP contribution in [0.1, 0.15) is 44.1 Å². The summed E-state index contributed by atoms with van der Waals surface area (Å²) in [4.78, 5) is 51.7. The monoisotopic (exact) mass is 386 g/mol. The molecule has 3 rings (SSSR count). The Labute approximate surface area is 164 Å². The number of esters is 1. The third-order valence-corrected chi connectivity index (χ3v) is 5.38. The average Bonchev–Trinajstić information content (AvgIpc) is 3.40. The van der Waals surface area contributed by atoms with Gasteiger partial charge in [-0.1, -0.05) is 30.3 Å². The van der Waals surface area contributed by atoms with Gasteiger partial charge in [0.15, 0.2) is 0 Å². The van der Waals surface area contributed by atoms with Gasteiger partial charge >= 0.3 is 5.97 Å². The fourth-order valence-electron chi connectivity index (χ4n) is 3.88. The van der Waals surface area contributed by atoms with Crippen molar-refractivity contribution < 1.29 is 23.9 Å². The van der Waals surface area contributed by atoms with Gasteiger partial charge in [0.1, 0.15) is 18.9 Å². The van der Waals surface area contributed by atoms with Gasteiger partial charge in [0, 0.05) is 19.5 Å². The molecule has 0 bridgehead atoms. The van der Waals surface area contributed by atoms with Crippen molar-refractivity contribution >= 4 is 24.1 Å². The molecule has 0 aliphatic carbocycles. The van der Waals surface area contributed by atoms with Gasteiger partial charge in [-0.2, -0.15) is 0 Å². The maximum absolute atomic E-state index is 12.8. The normalized spacial score (nSPS) is 21.6. The summed E-state index contributed by atoms with van der Waals surface area (Å²) < 4.78 is 5.20. The lowest BCUT2D eigenvalue weighted by Crippen LogP contribution is -2.49. The van der Waals surface area contributed by atoms with Crippen LogP contribution in [0.2, 0.25) is 0 Å². The summed E-state index contributed by atoms with van der Waals surface area (Å²) in [6.45, 7) is 1.25. The zero-order valence-electron chi connectivity index (χ0n) is 15.9. The van der Waals surface area contributed by atoms with Gasteiger partial charge < -0.3 is 19.3 Å². The minimum absolute atomic E-state index is 0.0102. The van der Waals surface area contributed by atoms with E-state index in [2.05, 4.69) is 0 Å². The van der Waals surface area contributed by atoms with Crippen molar-refractivity contribution in [3.05, 3.63) is 35.9 Å². The molecule has 1 aromatic carbocycles. The van der Waals surface area contributed by atoms with Crippen LogP contribution in [0.25, 0.3) is 0 Å². The number of ether oxygens (including phenoxy) is 1. The van der Waals surface area contributed by atoms with Crippen LogP contribution in [0.5, 0.6) is 0 Å². The first-order chi connectivity index (χ1) is 13.6. The van der Waals surface area contributed by atoms with Crippen molar-refractivity contribution in [2.24, 2.45) is 0 Å². The second kappa shape index (κ2) is 9.48. The Morgan fingerprint density at radius 1 is 1.00 bits per heavy atom. The van der Waals surface area contributed by atoms with Crippen LogP contribution in [-0.4, -0.2) is 59.0 Å². The molecule has 28 heavy (non-hydrogen) atoms.